The molecule has 0 aliphatic rings. The lowest BCUT2D eigenvalue weighted by Gasteiger charge is -2.05. The van der Waals surface area contributed by atoms with Gasteiger partial charge in [0.1, 0.15) is 12.0 Å². The van der Waals surface area contributed by atoms with E-state index in [1.807, 2.05) is 0 Å². The predicted molar refractivity (Wildman–Crippen MR) is 50.4 cm³/mol. The van der Waals surface area contributed by atoms with E-state index in [9.17, 15) is 4.79 Å². The highest BCUT2D eigenvalue weighted by atomic mass is 16.1. The number of rotatable bonds is 4. The molecule has 1 atom stereocenters. The standard InChI is InChI=1S/C10H14N2O/c1-3-8(2)6-10(13)9-4-5-11-7-12-9/h4-5,7-8H,3,6H2,1-2H3. The molecule has 0 aliphatic heterocycles. The quantitative estimate of drug-likeness (QED) is 0.663. The van der Waals surface area contributed by atoms with Gasteiger partial charge in [-0.3, -0.25) is 4.79 Å². The topological polar surface area (TPSA) is 42.9 Å². The molecular weight excluding hydrogens is 164 g/mol. The number of Topliss-reactive ketones (excluding diaryl/α,β-unsaturated/α-hetero) is 1. The number of hydrogen-bond acceptors (Lipinski definition) is 3. The van der Waals surface area contributed by atoms with E-state index >= 15 is 0 Å². The first-order valence-corrected chi connectivity index (χ1v) is 4.53. The van der Waals surface area contributed by atoms with Crippen molar-refractivity contribution in [2.45, 2.75) is 26.7 Å². The lowest BCUT2D eigenvalue weighted by atomic mass is 10.0. The highest BCUT2D eigenvalue weighted by Gasteiger charge is 2.10. The lowest BCUT2D eigenvalue weighted by Crippen LogP contribution is -2.07. The Morgan fingerprint density at radius 2 is 2.38 bits per heavy atom. The molecule has 1 unspecified atom stereocenters. The van der Waals surface area contributed by atoms with Crippen LogP contribution < -0.4 is 0 Å². The average Bonchev–Trinajstić information content (AvgIpc) is 2.19. The van der Waals surface area contributed by atoms with Gasteiger partial charge in [-0.05, 0) is 12.0 Å². The number of carbonyl (C=O) groups is 1. The minimum absolute atomic E-state index is 0.108. The first kappa shape index (κ1) is 9.84. The second-order valence-electron chi connectivity index (χ2n) is 3.24. The first-order chi connectivity index (χ1) is 6.24. The van der Waals surface area contributed by atoms with Crippen LogP contribution >= 0.6 is 0 Å². The van der Waals surface area contributed by atoms with Gasteiger partial charge in [0.2, 0.25) is 0 Å². The summed E-state index contributed by atoms with van der Waals surface area (Å²) < 4.78 is 0. The van der Waals surface area contributed by atoms with E-state index in [2.05, 4.69) is 23.8 Å². The van der Waals surface area contributed by atoms with Crippen molar-refractivity contribution in [3.05, 3.63) is 24.3 Å². The molecule has 0 radical (unpaired) electrons. The van der Waals surface area contributed by atoms with Gasteiger partial charge in [-0.1, -0.05) is 20.3 Å². The van der Waals surface area contributed by atoms with Crippen molar-refractivity contribution in [1.82, 2.24) is 9.97 Å². The fraction of sp³-hybridized carbons (Fsp3) is 0.500. The van der Waals surface area contributed by atoms with E-state index < -0.39 is 0 Å². The monoisotopic (exact) mass is 178 g/mol. The summed E-state index contributed by atoms with van der Waals surface area (Å²) in [5.41, 5.74) is 0.523. The maximum atomic E-state index is 11.5. The van der Waals surface area contributed by atoms with E-state index in [0.29, 0.717) is 18.0 Å². The summed E-state index contributed by atoms with van der Waals surface area (Å²) in [6.45, 7) is 4.15. The molecule has 1 rings (SSSR count). The molecule has 3 heteroatoms. The minimum atomic E-state index is 0.108. The van der Waals surface area contributed by atoms with Crippen LogP contribution in [0.15, 0.2) is 18.6 Å². The zero-order chi connectivity index (χ0) is 9.68. The minimum Gasteiger partial charge on any atom is -0.292 e. The van der Waals surface area contributed by atoms with Crippen molar-refractivity contribution >= 4 is 5.78 Å². The summed E-state index contributed by atoms with van der Waals surface area (Å²) >= 11 is 0. The van der Waals surface area contributed by atoms with Crippen LogP contribution in [-0.4, -0.2) is 15.8 Å². The van der Waals surface area contributed by atoms with Crippen LogP contribution in [0.2, 0.25) is 0 Å². The second kappa shape index (κ2) is 4.70. The molecule has 70 valence electrons. The van der Waals surface area contributed by atoms with Crippen molar-refractivity contribution in [3.8, 4) is 0 Å². The summed E-state index contributed by atoms with van der Waals surface area (Å²) in [5.74, 6) is 0.541. The van der Waals surface area contributed by atoms with Gasteiger partial charge >= 0.3 is 0 Å². The highest BCUT2D eigenvalue weighted by molar-refractivity contribution is 5.94. The molecule has 0 saturated heterocycles. The molecule has 0 amide bonds. The fourth-order valence-corrected chi connectivity index (χ4v) is 1.02. The summed E-state index contributed by atoms with van der Waals surface area (Å²) in [5, 5.41) is 0. The predicted octanol–water partition coefficient (Wildman–Crippen LogP) is 2.10. The average molecular weight is 178 g/mol. The molecule has 0 aromatic carbocycles. The maximum Gasteiger partial charge on any atom is 0.181 e. The number of nitrogens with zero attached hydrogens (tertiary/aromatic N) is 2. The Kier molecular flexibility index (Phi) is 3.55. The Balaban J connectivity index is 2.59. The number of ketones is 1. The van der Waals surface area contributed by atoms with Crippen LogP contribution in [0.4, 0.5) is 0 Å². The summed E-state index contributed by atoms with van der Waals surface area (Å²) in [6, 6.07) is 1.66. The third-order valence-corrected chi connectivity index (χ3v) is 2.10. The Morgan fingerprint density at radius 1 is 1.62 bits per heavy atom. The zero-order valence-corrected chi connectivity index (χ0v) is 8.03. The van der Waals surface area contributed by atoms with Crippen molar-refractivity contribution in [1.29, 1.82) is 0 Å². The van der Waals surface area contributed by atoms with Crippen LogP contribution in [0.5, 0.6) is 0 Å². The van der Waals surface area contributed by atoms with Crippen molar-refractivity contribution < 1.29 is 4.79 Å². The Bertz CT molecular complexity index is 272. The number of hydrogen-bond donors (Lipinski definition) is 0. The van der Waals surface area contributed by atoms with Crippen LogP contribution in [0, 0.1) is 5.92 Å². The fourth-order valence-electron chi connectivity index (χ4n) is 1.02. The van der Waals surface area contributed by atoms with E-state index in [-0.39, 0.29) is 5.78 Å². The molecule has 0 fully saturated rings. The van der Waals surface area contributed by atoms with Crippen LogP contribution in [0.25, 0.3) is 0 Å². The van der Waals surface area contributed by atoms with Gasteiger partial charge in [0, 0.05) is 12.6 Å². The molecule has 13 heavy (non-hydrogen) atoms. The number of aromatic nitrogens is 2. The van der Waals surface area contributed by atoms with Crippen LogP contribution in [-0.2, 0) is 0 Å². The third-order valence-electron chi connectivity index (χ3n) is 2.10. The summed E-state index contributed by atoms with van der Waals surface area (Å²) in [6.07, 6.45) is 4.60. The molecule has 0 bridgehead atoms. The zero-order valence-electron chi connectivity index (χ0n) is 8.03. The Morgan fingerprint density at radius 3 is 2.92 bits per heavy atom. The van der Waals surface area contributed by atoms with Crippen LogP contribution in [0.1, 0.15) is 37.2 Å². The van der Waals surface area contributed by atoms with Gasteiger partial charge in [0.15, 0.2) is 5.78 Å². The van der Waals surface area contributed by atoms with Gasteiger partial charge in [-0.15, -0.1) is 0 Å². The molecule has 0 saturated carbocycles. The molecular formula is C10H14N2O. The summed E-state index contributed by atoms with van der Waals surface area (Å²) in [4.78, 5) is 19.2. The van der Waals surface area contributed by atoms with Gasteiger partial charge in [-0.2, -0.15) is 0 Å². The van der Waals surface area contributed by atoms with Crippen molar-refractivity contribution in [2.24, 2.45) is 5.92 Å². The van der Waals surface area contributed by atoms with E-state index in [1.165, 1.54) is 6.33 Å². The SMILES string of the molecule is CCC(C)CC(=O)c1ccncn1. The van der Waals surface area contributed by atoms with E-state index in [1.54, 1.807) is 12.3 Å². The molecule has 0 N–H and O–H groups in total. The largest absolute Gasteiger partial charge is 0.292 e. The van der Waals surface area contributed by atoms with Gasteiger partial charge in [-0.25, -0.2) is 9.97 Å². The summed E-state index contributed by atoms with van der Waals surface area (Å²) in [7, 11) is 0. The van der Waals surface area contributed by atoms with Crippen molar-refractivity contribution in [3.63, 3.8) is 0 Å². The normalized spacial score (nSPS) is 12.5. The molecule has 1 aromatic rings. The first-order valence-electron chi connectivity index (χ1n) is 4.53. The van der Waals surface area contributed by atoms with E-state index in [4.69, 9.17) is 0 Å². The van der Waals surface area contributed by atoms with E-state index in [0.717, 1.165) is 6.42 Å². The highest BCUT2D eigenvalue weighted by Crippen LogP contribution is 2.10. The molecule has 1 aromatic heterocycles. The van der Waals surface area contributed by atoms with Crippen LogP contribution in [0.3, 0.4) is 0 Å². The smallest absolute Gasteiger partial charge is 0.181 e. The molecule has 0 spiro atoms. The van der Waals surface area contributed by atoms with Gasteiger partial charge in [0.25, 0.3) is 0 Å². The molecule has 3 nitrogen and oxygen atoms in total. The Labute approximate surface area is 78.2 Å². The lowest BCUT2D eigenvalue weighted by molar-refractivity contribution is 0.0958. The second-order valence-corrected chi connectivity index (χ2v) is 3.24. The molecule has 1 heterocycles. The van der Waals surface area contributed by atoms with Gasteiger partial charge < -0.3 is 0 Å². The van der Waals surface area contributed by atoms with Crippen molar-refractivity contribution in [2.75, 3.05) is 0 Å². The maximum absolute atomic E-state index is 11.5. The number of carbonyl (C=O) groups excluding carboxylic acids is 1. The third kappa shape index (κ3) is 2.93. The Hall–Kier alpha value is -1.25. The molecule has 0 aliphatic carbocycles. The van der Waals surface area contributed by atoms with Gasteiger partial charge in [0.05, 0.1) is 0 Å².